The van der Waals surface area contributed by atoms with Crippen molar-refractivity contribution in [1.82, 2.24) is 9.97 Å². The SMILES string of the molecule is CCCNc1ncnc(NC2CCCCC2SC)c1CC. The Kier molecular flexibility index (Phi) is 6.61. The van der Waals surface area contributed by atoms with Crippen molar-refractivity contribution in [3.8, 4) is 0 Å². The van der Waals surface area contributed by atoms with Crippen molar-refractivity contribution in [2.75, 3.05) is 23.4 Å². The Labute approximate surface area is 132 Å². The first-order valence-corrected chi connectivity index (χ1v) is 9.46. The van der Waals surface area contributed by atoms with E-state index in [1.54, 1.807) is 6.33 Å². The fraction of sp³-hybridized carbons (Fsp3) is 0.750. The molecular formula is C16H28N4S. The molecule has 5 heteroatoms. The Morgan fingerprint density at radius 3 is 2.67 bits per heavy atom. The summed E-state index contributed by atoms with van der Waals surface area (Å²) < 4.78 is 0. The van der Waals surface area contributed by atoms with E-state index in [9.17, 15) is 0 Å². The van der Waals surface area contributed by atoms with E-state index >= 15 is 0 Å². The summed E-state index contributed by atoms with van der Waals surface area (Å²) in [5.74, 6) is 2.02. The maximum absolute atomic E-state index is 4.51. The standard InChI is InChI=1S/C16H28N4S/c1-4-10-17-15-12(5-2)16(19-11-18-15)20-13-8-6-7-9-14(13)21-3/h11,13-14H,4-10H2,1-3H3,(H2,17,18,19,20). The largest absolute Gasteiger partial charge is 0.370 e. The molecule has 1 aliphatic carbocycles. The van der Waals surface area contributed by atoms with Gasteiger partial charge in [0, 0.05) is 23.4 Å². The van der Waals surface area contributed by atoms with Gasteiger partial charge in [0.05, 0.1) is 0 Å². The Bertz CT molecular complexity index is 438. The summed E-state index contributed by atoms with van der Waals surface area (Å²) in [7, 11) is 0. The van der Waals surface area contributed by atoms with Crippen LogP contribution in [0.4, 0.5) is 11.6 Å². The fourth-order valence-corrected chi connectivity index (χ4v) is 3.92. The van der Waals surface area contributed by atoms with Crippen LogP contribution in [0.5, 0.6) is 0 Å². The molecule has 0 radical (unpaired) electrons. The second-order valence-corrected chi connectivity index (χ2v) is 6.72. The Morgan fingerprint density at radius 2 is 1.95 bits per heavy atom. The van der Waals surface area contributed by atoms with Crippen molar-refractivity contribution >= 4 is 23.4 Å². The normalized spacial score (nSPS) is 22.0. The summed E-state index contributed by atoms with van der Waals surface area (Å²) in [5.41, 5.74) is 1.22. The third kappa shape index (κ3) is 4.25. The number of anilines is 2. The van der Waals surface area contributed by atoms with Crippen molar-refractivity contribution < 1.29 is 0 Å². The highest BCUT2D eigenvalue weighted by molar-refractivity contribution is 7.99. The highest BCUT2D eigenvalue weighted by atomic mass is 32.2. The van der Waals surface area contributed by atoms with Gasteiger partial charge in [-0.05, 0) is 31.9 Å². The quantitative estimate of drug-likeness (QED) is 0.799. The zero-order chi connectivity index (χ0) is 15.1. The van der Waals surface area contributed by atoms with Gasteiger partial charge < -0.3 is 10.6 Å². The lowest BCUT2D eigenvalue weighted by Crippen LogP contribution is -2.35. The second kappa shape index (κ2) is 8.47. The molecule has 1 aromatic rings. The molecule has 2 atom stereocenters. The molecule has 0 amide bonds. The summed E-state index contributed by atoms with van der Waals surface area (Å²) in [5, 5.41) is 7.83. The molecule has 0 aromatic carbocycles. The molecule has 118 valence electrons. The first kappa shape index (κ1) is 16.4. The lowest BCUT2D eigenvalue weighted by Gasteiger charge is -2.32. The topological polar surface area (TPSA) is 49.8 Å². The lowest BCUT2D eigenvalue weighted by atomic mass is 9.94. The summed E-state index contributed by atoms with van der Waals surface area (Å²) in [6, 6.07) is 0.535. The van der Waals surface area contributed by atoms with Crippen LogP contribution in [0, 0.1) is 0 Å². The molecule has 4 nitrogen and oxygen atoms in total. The summed E-state index contributed by atoms with van der Waals surface area (Å²) in [6.45, 7) is 5.30. The van der Waals surface area contributed by atoms with Crippen LogP contribution in [-0.2, 0) is 6.42 Å². The maximum Gasteiger partial charge on any atom is 0.134 e. The predicted octanol–water partition coefficient (Wildman–Crippen LogP) is 3.95. The summed E-state index contributed by atoms with van der Waals surface area (Å²) >= 11 is 1.98. The molecule has 0 aliphatic heterocycles. The molecule has 1 saturated carbocycles. The number of hydrogen-bond acceptors (Lipinski definition) is 5. The minimum Gasteiger partial charge on any atom is -0.370 e. The summed E-state index contributed by atoms with van der Waals surface area (Å²) in [6.07, 6.45) is 11.2. The van der Waals surface area contributed by atoms with Gasteiger partial charge in [-0.15, -0.1) is 0 Å². The highest BCUT2D eigenvalue weighted by Gasteiger charge is 2.25. The lowest BCUT2D eigenvalue weighted by molar-refractivity contribution is 0.474. The van der Waals surface area contributed by atoms with E-state index < -0.39 is 0 Å². The Balaban J connectivity index is 2.14. The number of rotatable bonds is 7. The van der Waals surface area contributed by atoms with Gasteiger partial charge in [-0.3, -0.25) is 0 Å². The molecule has 1 aliphatic rings. The zero-order valence-corrected chi connectivity index (χ0v) is 14.3. The first-order chi connectivity index (χ1) is 10.3. The van der Waals surface area contributed by atoms with E-state index in [4.69, 9.17) is 0 Å². The van der Waals surface area contributed by atoms with E-state index in [1.807, 2.05) is 11.8 Å². The molecular weight excluding hydrogens is 280 g/mol. The number of nitrogens with one attached hydrogen (secondary N) is 2. The van der Waals surface area contributed by atoms with E-state index in [2.05, 4.69) is 40.7 Å². The van der Waals surface area contributed by atoms with Crippen LogP contribution >= 0.6 is 11.8 Å². The average Bonchev–Trinajstić information content (AvgIpc) is 2.53. The van der Waals surface area contributed by atoms with E-state index in [0.717, 1.165) is 31.0 Å². The molecule has 1 aromatic heterocycles. The van der Waals surface area contributed by atoms with Gasteiger partial charge in [-0.1, -0.05) is 26.7 Å². The van der Waals surface area contributed by atoms with Gasteiger partial charge in [0.25, 0.3) is 0 Å². The second-order valence-electron chi connectivity index (χ2n) is 5.64. The third-order valence-electron chi connectivity index (χ3n) is 4.17. The predicted molar refractivity (Wildman–Crippen MR) is 93.4 cm³/mol. The smallest absolute Gasteiger partial charge is 0.134 e. The van der Waals surface area contributed by atoms with E-state index in [0.29, 0.717) is 11.3 Å². The van der Waals surface area contributed by atoms with Crippen LogP contribution < -0.4 is 10.6 Å². The molecule has 0 bridgehead atoms. The Morgan fingerprint density at radius 1 is 1.19 bits per heavy atom. The monoisotopic (exact) mass is 308 g/mol. The molecule has 2 rings (SSSR count). The fourth-order valence-electron chi connectivity index (χ4n) is 2.99. The zero-order valence-electron chi connectivity index (χ0n) is 13.5. The number of hydrogen-bond donors (Lipinski definition) is 2. The molecule has 1 fully saturated rings. The van der Waals surface area contributed by atoms with Crippen molar-refractivity contribution in [2.24, 2.45) is 0 Å². The van der Waals surface area contributed by atoms with Crippen LogP contribution in [0.15, 0.2) is 6.33 Å². The van der Waals surface area contributed by atoms with Gasteiger partial charge in [0.15, 0.2) is 0 Å². The highest BCUT2D eigenvalue weighted by Crippen LogP contribution is 2.30. The molecule has 2 N–H and O–H groups in total. The van der Waals surface area contributed by atoms with Crippen molar-refractivity contribution in [2.45, 2.75) is 63.7 Å². The van der Waals surface area contributed by atoms with Crippen LogP contribution in [0.25, 0.3) is 0 Å². The molecule has 0 spiro atoms. The van der Waals surface area contributed by atoms with Crippen molar-refractivity contribution in [3.05, 3.63) is 11.9 Å². The summed E-state index contributed by atoms with van der Waals surface area (Å²) in [4.78, 5) is 8.92. The van der Waals surface area contributed by atoms with E-state index in [1.165, 1.54) is 31.2 Å². The van der Waals surface area contributed by atoms with Crippen LogP contribution in [0.1, 0.15) is 51.5 Å². The maximum atomic E-state index is 4.51. The minimum atomic E-state index is 0.535. The molecule has 21 heavy (non-hydrogen) atoms. The molecule has 2 unspecified atom stereocenters. The van der Waals surface area contributed by atoms with Crippen LogP contribution in [-0.4, -0.2) is 34.1 Å². The third-order valence-corrected chi connectivity index (χ3v) is 5.34. The Hall–Kier alpha value is -0.970. The van der Waals surface area contributed by atoms with Crippen molar-refractivity contribution in [1.29, 1.82) is 0 Å². The first-order valence-electron chi connectivity index (χ1n) is 8.17. The average molecular weight is 308 g/mol. The van der Waals surface area contributed by atoms with Crippen LogP contribution in [0.3, 0.4) is 0 Å². The van der Waals surface area contributed by atoms with Gasteiger partial charge in [0.1, 0.15) is 18.0 Å². The number of aromatic nitrogens is 2. The molecule has 1 heterocycles. The molecule has 0 saturated heterocycles. The number of nitrogens with zero attached hydrogens (tertiary/aromatic N) is 2. The number of thioether (sulfide) groups is 1. The van der Waals surface area contributed by atoms with Crippen molar-refractivity contribution in [3.63, 3.8) is 0 Å². The van der Waals surface area contributed by atoms with Gasteiger partial charge >= 0.3 is 0 Å². The van der Waals surface area contributed by atoms with Gasteiger partial charge in [-0.25, -0.2) is 9.97 Å². The van der Waals surface area contributed by atoms with E-state index in [-0.39, 0.29) is 0 Å². The van der Waals surface area contributed by atoms with Gasteiger partial charge in [-0.2, -0.15) is 11.8 Å². The van der Waals surface area contributed by atoms with Crippen LogP contribution in [0.2, 0.25) is 0 Å². The van der Waals surface area contributed by atoms with Gasteiger partial charge in [0.2, 0.25) is 0 Å². The minimum absolute atomic E-state index is 0.535.